The zero-order chi connectivity index (χ0) is 15.9. The summed E-state index contributed by atoms with van der Waals surface area (Å²) in [6.45, 7) is 2.60. The van der Waals surface area contributed by atoms with Gasteiger partial charge in [-0.15, -0.1) is 0 Å². The highest BCUT2D eigenvalue weighted by atomic mass is 16.2. The lowest BCUT2D eigenvalue weighted by Crippen LogP contribution is -2.28. The van der Waals surface area contributed by atoms with Crippen LogP contribution in [-0.2, 0) is 4.79 Å². The van der Waals surface area contributed by atoms with E-state index in [1.807, 2.05) is 24.1 Å². The highest BCUT2D eigenvalue weighted by Gasteiger charge is 2.24. The third kappa shape index (κ3) is 4.18. The van der Waals surface area contributed by atoms with Gasteiger partial charge < -0.3 is 15.5 Å². The van der Waals surface area contributed by atoms with Crippen LogP contribution in [0.1, 0.15) is 22.3 Å². The van der Waals surface area contributed by atoms with Crippen molar-refractivity contribution in [2.75, 3.05) is 33.7 Å². The molecule has 0 spiro atoms. The van der Waals surface area contributed by atoms with Crippen LogP contribution in [0.2, 0.25) is 0 Å². The summed E-state index contributed by atoms with van der Waals surface area (Å²) in [7, 11) is 3.54. The highest BCUT2D eigenvalue weighted by Crippen LogP contribution is 2.16. The summed E-state index contributed by atoms with van der Waals surface area (Å²) in [5.74, 6) is 0.488. The van der Waals surface area contributed by atoms with Crippen molar-refractivity contribution in [2.45, 2.75) is 6.42 Å². The first kappa shape index (κ1) is 16.2. The van der Waals surface area contributed by atoms with Gasteiger partial charge in [0, 0.05) is 31.8 Å². The smallest absolute Gasteiger partial charge is 0.251 e. The predicted octanol–water partition coefficient (Wildman–Crippen LogP) is 1.13. The molecule has 0 saturated carbocycles. The van der Waals surface area contributed by atoms with Crippen LogP contribution < -0.4 is 10.6 Å². The van der Waals surface area contributed by atoms with E-state index in [9.17, 15) is 9.59 Å². The Kier molecular flexibility index (Phi) is 5.72. The Bertz CT molecular complexity index is 552. The number of nitrogens with one attached hydrogen (secondary N) is 2. The zero-order valence-electron chi connectivity index (χ0n) is 13.1. The van der Waals surface area contributed by atoms with E-state index in [1.165, 1.54) is 0 Å². The molecule has 0 radical (unpaired) electrons. The molecule has 1 saturated heterocycles. The molecule has 0 bridgehead atoms. The number of likely N-dealkylation sites (tertiary alicyclic amines) is 1. The van der Waals surface area contributed by atoms with E-state index in [4.69, 9.17) is 0 Å². The van der Waals surface area contributed by atoms with E-state index in [0.29, 0.717) is 11.5 Å². The highest BCUT2D eigenvalue weighted by molar-refractivity contribution is 5.94. The molecule has 1 aromatic rings. The number of benzene rings is 1. The molecular weight excluding hydrogens is 278 g/mol. The van der Waals surface area contributed by atoms with E-state index in [0.717, 1.165) is 31.6 Å². The zero-order valence-corrected chi connectivity index (χ0v) is 13.1. The van der Waals surface area contributed by atoms with Crippen molar-refractivity contribution in [1.29, 1.82) is 0 Å². The van der Waals surface area contributed by atoms with Gasteiger partial charge in [-0.25, -0.2) is 0 Å². The van der Waals surface area contributed by atoms with Crippen LogP contribution in [0.25, 0.3) is 6.08 Å². The number of rotatable bonds is 5. The number of carbonyl (C=O) groups is 2. The largest absolute Gasteiger partial charge is 0.355 e. The second kappa shape index (κ2) is 7.75. The Hall–Kier alpha value is -2.14. The molecule has 2 amide bonds. The molecule has 1 unspecified atom stereocenters. The van der Waals surface area contributed by atoms with Gasteiger partial charge in [-0.2, -0.15) is 0 Å². The van der Waals surface area contributed by atoms with E-state index < -0.39 is 0 Å². The van der Waals surface area contributed by atoms with Crippen molar-refractivity contribution < 1.29 is 9.59 Å². The molecule has 1 aliphatic heterocycles. The molecule has 22 heavy (non-hydrogen) atoms. The van der Waals surface area contributed by atoms with Gasteiger partial charge in [-0.1, -0.05) is 12.1 Å². The fourth-order valence-corrected chi connectivity index (χ4v) is 2.65. The fourth-order valence-electron chi connectivity index (χ4n) is 2.65. The predicted molar refractivity (Wildman–Crippen MR) is 87.5 cm³/mol. The van der Waals surface area contributed by atoms with Crippen LogP contribution in [0.4, 0.5) is 0 Å². The van der Waals surface area contributed by atoms with Gasteiger partial charge in [0.05, 0.1) is 0 Å². The number of nitrogens with zero attached hydrogens (tertiary/aromatic N) is 1. The van der Waals surface area contributed by atoms with Gasteiger partial charge in [0.2, 0.25) is 5.91 Å². The Balaban J connectivity index is 1.91. The van der Waals surface area contributed by atoms with Crippen LogP contribution >= 0.6 is 0 Å². The normalized spacial score (nSPS) is 17.9. The number of carbonyl (C=O) groups excluding carboxylic acids is 2. The third-order valence-corrected chi connectivity index (χ3v) is 3.91. The average molecular weight is 301 g/mol. The first-order chi connectivity index (χ1) is 10.6. The van der Waals surface area contributed by atoms with Crippen LogP contribution in [0.3, 0.4) is 0 Å². The molecule has 1 atom stereocenters. The monoisotopic (exact) mass is 301 g/mol. The maximum atomic E-state index is 12.1. The minimum atomic E-state index is -0.112. The Morgan fingerprint density at radius 3 is 2.64 bits per heavy atom. The van der Waals surface area contributed by atoms with Gasteiger partial charge in [0.15, 0.2) is 0 Å². The third-order valence-electron chi connectivity index (χ3n) is 3.91. The van der Waals surface area contributed by atoms with Gasteiger partial charge in [0.25, 0.3) is 5.91 Å². The second-order valence-corrected chi connectivity index (χ2v) is 5.53. The van der Waals surface area contributed by atoms with E-state index in [1.54, 1.807) is 31.3 Å². The van der Waals surface area contributed by atoms with Crippen LogP contribution in [0, 0.1) is 5.92 Å². The molecule has 0 aliphatic carbocycles. The molecule has 118 valence electrons. The molecule has 1 aromatic carbocycles. The summed E-state index contributed by atoms with van der Waals surface area (Å²) in [6.07, 6.45) is 4.46. The minimum Gasteiger partial charge on any atom is -0.355 e. The Morgan fingerprint density at radius 2 is 2.00 bits per heavy atom. The first-order valence-electron chi connectivity index (χ1n) is 7.57. The van der Waals surface area contributed by atoms with Gasteiger partial charge in [-0.05, 0) is 49.7 Å². The first-order valence-corrected chi connectivity index (χ1v) is 7.57. The molecule has 1 fully saturated rings. The van der Waals surface area contributed by atoms with Gasteiger partial charge in [0.1, 0.15) is 0 Å². The van der Waals surface area contributed by atoms with Crippen LogP contribution in [-0.4, -0.2) is 50.4 Å². The Labute approximate surface area is 131 Å². The lowest BCUT2D eigenvalue weighted by Gasteiger charge is -2.14. The minimum absolute atomic E-state index is 0.0500. The lowest BCUT2D eigenvalue weighted by molar-refractivity contribution is -0.125. The van der Waals surface area contributed by atoms with Crippen molar-refractivity contribution in [3.05, 3.63) is 41.5 Å². The van der Waals surface area contributed by atoms with E-state index in [-0.39, 0.29) is 11.8 Å². The summed E-state index contributed by atoms with van der Waals surface area (Å²) < 4.78 is 0. The van der Waals surface area contributed by atoms with Crippen molar-refractivity contribution in [3.63, 3.8) is 0 Å². The summed E-state index contributed by atoms with van der Waals surface area (Å²) in [5, 5.41) is 5.74. The maximum absolute atomic E-state index is 12.1. The number of hydrogen-bond donors (Lipinski definition) is 2. The van der Waals surface area contributed by atoms with Crippen molar-refractivity contribution >= 4 is 17.9 Å². The van der Waals surface area contributed by atoms with Crippen molar-refractivity contribution in [3.8, 4) is 0 Å². The maximum Gasteiger partial charge on any atom is 0.251 e. The summed E-state index contributed by atoms with van der Waals surface area (Å²) >= 11 is 0. The average Bonchev–Trinajstić information content (AvgIpc) is 3.01. The molecule has 0 aromatic heterocycles. The molecule has 1 heterocycles. The molecule has 2 rings (SSSR count). The number of amides is 2. The standard InChI is InChI=1S/C17H23N3O2/c1-18-11-14-9-10-20(12-14)16(21)8-5-13-3-6-15(7-4-13)17(22)19-2/h3-8,14,18H,9-12H2,1-2H3,(H,19,22)/b8-5+. The van der Waals surface area contributed by atoms with Crippen molar-refractivity contribution in [2.24, 2.45) is 5.92 Å². The summed E-state index contributed by atoms with van der Waals surface area (Å²) in [4.78, 5) is 25.5. The van der Waals surface area contributed by atoms with E-state index in [2.05, 4.69) is 10.6 Å². The van der Waals surface area contributed by atoms with E-state index >= 15 is 0 Å². The fraction of sp³-hybridized carbons (Fsp3) is 0.412. The number of hydrogen-bond acceptors (Lipinski definition) is 3. The quantitative estimate of drug-likeness (QED) is 0.802. The molecule has 2 N–H and O–H groups in total. The summed E-state index contributed by atoms with van der Waals surface area (Å²) in [6, 6.07) is 7.17. The second-order valence-electron chi connectivity index (χ2n) is 5.53. The topological polar surface area (TPSA) is 61.4 Å². The molecule has 5 nitrogen and oxygen atoms in total. The Morgan fingerprint density at radius 1 is 1.27 bits per heavy atom. The summed E-state index contributed by atoms with van der Waals surface area (Å²) in [5.41, 5.74) is 1.52. The van der Waals surface area contributed by atoms with Gasteiger partial charge in [-0.3, -0.25) is 9.59 Å². The van der Waals surface area contributed by atoms with Crippen LogP contribution in [0.15, 0.2) is 30.3 Å². The lowest BCUT2D eigenvalue weighted by atomic mass is 10.1. The van der Waals surface area contributed by atoms with Crippen molar-refractivity contribution in [1.82, 2.24) is 15.5 Å². The SMILES string of the molecule is CNCC1CCN(C(=O)/C=C/c2ccc(C(=O)NC)cc2)C1. The van der Waals surface area contributed by atoms with Crippen LogP contribution in [0.5, 0.6) is 0 Å². The molecular formula is C17H23N3O2. The van der Waals surface area contributed by atoms with Gasteiger partial charge >= 0.3 is 0 Å². The molecule has 1 aliphatic rings. The molecule has 5 heteroatoms.